The van der Waals surface area contributed by atoms with Crippen molar-refractivity contribution in [3.63, 3.8) is 0 Å². The number of carbonyl (C=O) groups is 4. The molecule has 1 atom stereocenters. The first-order valence-corrected chi connectivity index (χ1v) is 13.5. The zero-order valence-corrected chi connectivity index (χ0v) is 24.0. The number of carboxylic acids is 1. The van der Waals surface area contributed by atoms with Gasteiger partial charge in [-0.15, -0.1) is 0 Å². The van der Waals surface area contributed by atoms with E-state index >= 15 is 0 Å². The number of rotatable bonds is 10. The molecule has 0 spiro atoms. The van der Waals surface area contributed by atoms with Gasteiger partial charge in [-0.25, -0.2) is 9.59 Å². The van der Waals surface area contributed by atoms with Crippen LogP contribution in [0.15, 0.2) is 48.5 Å². The SMILES string of the molecule is CC(C)(C)OC(=O)C(CCC[C@H](NC(=O)OCC1c2ccccc2-c2ccccc21)C(=O)O)C(=O)OC(C)(C)C. The van der Waals surface area contributed by atoms with Crippen molar-refractivity contribution in [1.82, 2.24) is 5.32 Å². The lowest BCUT2D eigenvalue weighted by Crippen LogP contribution is -2.42. The summed E-state index contributed by atoms with van der Waals surface area (Å²) in [6, 6.07) is 14.5. The number of benzene rings is 2. The molecule has 0 aromatic heterocycles. The molecule has 0 saturated heterocycles. The molecule has 0 bridgehead atoms. The first kappa shape index (κ1) is 30.7. The predicted octanol–water partition coefficient (Wildman–Crippen LogP) is 5.45. The Kier molecular flexibility index (Phi) is 9.60. The molecule has 1 amide bonds. The maximum Gasteiger partial charge on any atom is 0.407 e. The lowest BCUT2D eigenvalue weighted by atomic mass is 9.98. The number of ether oxygens (including phenoxy) is 3. The van der Waals surface area contributed by atoms with Crippen molar-refractivity contribution in [2.24, 2.45) is 5.92 Å². The molecule has 2 aromatic rings. The number of aliphatic carboxylic acids is 1. The van der Waals surface area contributed by atoms with E-state index in [1.807, 2.05) is 48.5 Å². The van der Waals surface area contributed by atoms with Crippen LogP contribution in [0.25, 0.3) is 11.1 Å². The number of esters is 2. The Labute approximate surface area is 235 Å². The van der Waals surface area contributed by atoms with E-state index in [0.29, 0.717) is 0 Å². The molecule has 1 aliphatic rings. The van der Waals surface area contributed by atoms with Gasteiger partial charge < -0.3 is 24.6 Å². The predicted molar refractivity (Wildman–Crippen MR) is 149 cm³/mol. The summed E-state index contributed by atoms with van der Waals surface area (Å²) >= 11 is 0. The van der Waals surface area contributed by atoms with Gasteiger partial charge in [-0.05, 0) is 83.1 Å². The van der Waals surface area contributed by atoms with Gasteiger partial charge in [0.2, 0.25) is 0 Å². The summed E-state index contributed by atoms with van der Waals surface area (Å²) in [5, 5.41) is 12.1. The Balaban J connectivity index is 1.60. The Morgan fingerprint density at radius 2 is 1.27 bits per heavy atom. The molecule has 0 unspecified atom stereocenters. The lowest BCUT2D eigenvalue weighted by Gasteiger charge is -2.26. The zero-order chi connectivity index (χ0) is 29.7. The number of fused-ring (bicyclic) bond motifs is 3. The molecule has 9 heteroatoms. The van der Waals surface area contributed by atoms with Crippen LogP contribution < -0.4 is 5.32 Å². The average molecular weight is 554 g/mol. The second-order valence-electron chi connectivity index (χ2n) is 11.9. The van der Waals surface area contributed by atoms with Gasteiger partial charge in [0.05, 0.1) is 0 Å². The number of amides is 1. The molecule has 0 fully saturated rings. The third-order valence-electron chi connectivity index (χ3n) is 6.30. The minimum absolute atomic E-state index is 0.0000234. The molecule has 2 N–H and O–H groups in total. The molecule has 3 rings (SSSR count). The summed E-state index contributed by atoms with van der Waals surface area (Å²) in [4.78, 5) is 50.0. The monoisotopic (exact) mass is 553 g/mol. The van der Waals surface area contributed by atoms with Gasteiger partial charge in [-0.2, -0.15) is 0 Å². The van der Waals surface area contributed by atoms with Crippen LogP contribution >= 0.6 is 0 Å². The van der Waals surface area contributed by atoms with Gasteiger partial charge >= 0.3 is 24.0 Å². The van der Waals surface area contributed by atoms with Crippen LogP contribution in [-0.2, 0) is 28.6 Å². The van der Waals surface area contributed by atoms with Crippen LogP contribution in [0, 0.1) is 5.92 Å². The van der Waals surface area contributed by atoms with Crippen LogP contribution in [0.5, 0.6) is 0 Å². The van der Waals surface area contributed by atoms with Crippen LogP contribution in [0.1, 0.15) is 77.8 Å². The minimum atomic E-state index is -1.27. The molecule has 0 aliphatic heterocycles. The zero-order valence-electron chi connectivity index (χ0n) is 24.0. The lowest BCUT2D eigenvalue weighted by molar-refractivity contribution is -0.174. The van der Waals surface area contributed by atoms with Gasteiger partial charge in [-0.3, -0.25) is 9.59 Å². The van der Waals surface area contributed by atoms with E-state index in [-0.39, 0.29) is 31.8 Å². The van der Waals surface area contributed by atoms with Crippen molar-refractivity contribution in [3.05, 3.63) is 59.7 Å². The van der Waals surface area contributed by atoms with E-state index in [1.165, 1.54) is 0 Å². The molecule has 9 nitrogen and oxygen atoms in total. The number of carbonyl (C=O) groups excluding carboxylic acids is 3. The van der Waals surface area contributed by atoms with Gasteiger partial charge in [-0.1, -0.05) is 48.5 Å². The second-order valence-corrected chi connectivity index (χ2v) is 11.9. The molecular formula is C31H39NO8. The van der Waals surface area contributed by atoms with Gasteiger partial charge in [0.1, 0.15) is 23.9 Å². The van der Waals surface area contributed by atoms with Gasteiger partial charge in [0.15, 0.2) is 5.92 Å². The molecule has 40 heavy (non-hydrogen) atoms. The Morgan fingerprint density at radius 3 is 1.73 bits per heavy atom. The van der Waals surface area contributed by atoms with Crippen molar-refractivity contribution >= 4 is 24.0 Å². The molecule has 0 radical (unpaired) electrons. The fourth-order valence-corrected chi connectivity index (χ4v) is 4.64. The maximum absolute atomic E-state index is 12.7. The second kappa shape index (κ2) is 12.5. The van der Waals surface area contributed by atoms with E-state index in [9.17, 15) is 24.3 Å². The summed E-state index contributed by atoms with van der Waals surface area (Å²) in [5.74, 6) is -4.11. The largest absolute Gasteiger partial charge is 0.480 e. The summed E-state index contributed by atoms with van der Waals surface area (Å²) in [7, 11) is 0. The Morgan fingerprint density at radius 1 is 0.800 bits per heavy atom. The van der Waals surface area contributed by atoms with Crippen molar-refractivity contribution in [2.75, 3.05) is 6.61 Å². The van der Waals surface area contributed by atoms with Crippen LogP contribution in [-0.4, -0.2) is 53.0 Å². The number of alkyl carbamates (subject to hydrolysis) is 1. The summed E-state index contributed by atoms with van der Waals surface area (Å²) in [6.07, 6.45) is -0.740. The third kappa shape index (κ3) is 8.31. The number of hydrogen-bond donors (Lipinski definition) is 2. The van der Waals surface area contributed by atoms with Crippen molar-refractivity contribution < 1.29 is 38.5 Å². The van der Waals surface area contributed by atoms with E-state index in [1.54, 1.807) is 41.5 Å². The fourth-order valence-electron chi connectivity index (χ4n) is 4.64. The Hall–Kier alpha value is -3.88. The number of carboxylic acid groups (broad SMARTS) is 1. The third-order valence-corrected chi connectivity index (χ3v) is 6.30. The quantitative estimate of drug-likeness (QED) is 0.226. The molecule has 0 saturated carbocycles. The highest BCUT2D eigenvalue weighted by Gasteiger charge is 2.35. The first-order chi connectivity index (χ1) is 18.7. The maximum atomic E-state index is 12.7. The molecular weight excluding hydrogens is 514 g/mol. The highest BCUT2D eigenvalue weighted by Crippen LogP contribution is 2.44. The van der Waals surface area contributed by atoms with Crippen LogP contribution in [0.3, 0.4) is 0 Å². The molecule has 1 aliphatic carbocycles. The van der Waals surface area contributed by atoms with E-state index in [0.717, 1.165) is 22.3 Å². The summed E-state index contributed by atoms with van der Waals surface area (Å²) < 4.78 is 16.3. The standard InChI is InChI=1S/C31H39NO8/c1-30(2,3)39-27(35)23(28(36)40-31(4,5)6)16-11-17-25(26(33)34)32-29(37)38-18-24-21-14-9-7-12-19(21)20-13-8-10-15-22(20)24/h7-10,12-15,23-25H,11,16-18H2,1-6H3,(H,32,37)(H,33,34)/t25-/m0/s1. The fraction of sp³-hybridized carbons (Fsp3) is 0.484. The van der Waals surface area contributed by atoms with E-state index in [4.69, 9.17) is 14.2 Å². The molecule has 0 heterocycles. The van der Waals surface area contributed by atoms with Crippen LogP contribution in [0.2, 0.25) is 0 Å². The Bertz CT molecular complexity index is 1170. The minimum Gasteiger partial charge on any atom is -0.480 e. The number of nitrogens with one attached hydrogen (secondary N) is 1. The van der Waals surface area contributed by atoms with Gasteiger partial charge in [0, 0.05) is 5.92 Å². The molecule has 216 valence electrons. The highest BCUT2D eigenvalue weighted by molar-refractivity contribution is 5.95. The molecule has 2 aromatic carbocycles. The van der Waals surface area contributed by atoms with Gasteiger partial charge in [0.25, 0.3) is 0 Å². The van der Waals surface area contributed by atoms with Crippen molar-refractivity contribution in [1.29, 1.82) is 0 Å². The average Bonchev–Trinajstić information content (AvgIpc) is 3.16. The smallest absolute Gasteiger partial charge is 0.407 e. The van der Waals surface area contributed by atoms with Crippen molar-refractivity contribution in [2.45, 2.75) is 84.0 Å². The normalized spacial score (nSPS) is 13.7. The van der Waals surface area contributed by atoms with E-state index in [2.05, 4.69) is 5.32 Å². The summed E-state index contributed by atoms with van der Waals surface area (Å²) in [5.41, 5.74) is 2.63. The number of hydrogen-bond acceptors (Lipinski definition) is 7. The highest BCUT2D eigenvalue weighted by atomic mass is 16.6. The first-order valence-electron chi connectivity index (χ1n) is 13.5. The topological polar surface area (TPSA) is 128 Å². The summed E-state index contributed by atoms with van der Waals surface area (Å²) in [6.45, 7) is 10.2. The van der Waals surface area contributed by atoms with Crippen LogP contribution in [0.4, 0.5) is 4.79 Å². The van der Waals surface area contributed by atoms with Crippen molar-refractivity contribution in [3.8, 4) is 11.1 Å². The van der Waals surface area contributed by atoms with E-state index < -0.39 is 47.2 Å².